The van der Waals surface area contributed by atoms with E-state index in [-0.39, 0.29) is 16.8 Å². The van der Waals surface area contributed by atoms with Crippen LogP contribution in [0.5, 0.6) is 5.75 Å². The lowest BCUT2D eigenvalue weighted by Gasteiger charge is -2.06. The smallest absolute Gasteiger partial charge is 0.257 e. The van der Waals surface area contributed by atoms with Gasteiger partial charge in [-0.25, -0.2) is 0 Å². The van der Waals surface area contributed by atoms with Gasteiger partial charge in [-0.2, -0.15) is 5.10 Å². The van der Waals surface area contributed by atoms with E-state index in [9.17, 15) is 9.90 Å². The van der Waals surface area contributed by atoms with Crippen LogP contribution in [0.2, 0.25) is 0 Å². The highest BCUT2D eigenvalue weighted by molar-refractivity contribution is 7.80. The summed E-state index contributed by atoms with van der Waals surface area (Å²) in [5.41, 5.74) is 4.36. The molecule has 0 aliphatic heterocycles. The Morgan fingerprint density at radius 1 is 1.18 bits per heavy atom. The van der Waals surface area contributed by atoms with Gasteiger partial charge in [0.15, 0.2) is 5.11 Å². The zero-order valence-corrected chi connectivity index (χ0v) is 12.7. The molecular weight excluding hydrogens is 298 g/mol. The SMILES string of the molecule is Cc1cccc(/C=N/NC(=S)NC(=O)c2ccccc2)c1O. The van der Waals surface area contributed by atoms with Crippen molar-refractivity contribution in [1.82, 2.24) is 10.7 Å². The van der Waals surface area contributed by atoms with Gasteiger partial charge in [0.05, 0.1) is 6.21 Å². The highest BCUT2D eigenvalue weighted by atomic mass is 32.1. The molecule has 1 amide bonds. The van der Waals surface area contributed by atoms with E-state index in [1.807, 2.05) is 12.1 Å². The van der Waals surface area contributed by atoms with Crippen LogP contribution >= 0.6 is 12.2 Å². The summed E-state index contributed by atoms with van der Waals surface area (Å²) in [7, 11) is 0. The number of nitrogens with zero attached hydrogens (tertiary/aromatic N) is 1. The van der Waals surface area contributed by atoms with Crippen molar-refractivity contribution in [3.8, 4) is 5.75 Å². The number of aryl methyl sites for hydroxylation is 1. The number of aromatic hydroxyl groups is 1. The molecule has 0 unspecified atom stereocenters. The van der Waals surface area contributed by atoms with Crippen LogP contribution in [-0.4, -0.2) is 22.3 Å². The maximum absolute atomic E-state index is 11.9. The number of carbonyl (C=O) groups is 1. The van der Waals surface area contributed by atoms with Crippen molar-refractivity contribution < 1.29 is 9.90 Å². The molecule has 0 spiro atoms. The van der Waals surface area contributed by atoms with Crippen molar-refractivity contribution in [2.45, 2.75) is 6.92 Å². The van der Waals surface area contributed by atoms with E-state index in [0.29, 0.717) is 11.1 Å². The Bertz CT molecular complexity index is 715. The minimum absolute atomic E-state index is 0.0808. The van der Waals surface area contributed by atoms with Crippen molar-refractivity contribution in [3.63, 3.8) is 0 Å². The van der Waals surface area contributed by atoms with Crippen LogP contribution in [-0.2, 0) is 0 Å². The molecule has 0 saturated carbocycles. The summed E-state index contributed by atoms with van der Waals surface area (Å²) in [6, 6.07) is 14.1. The van der Waals surface area contributed by atoms with Crippen molar-refractivity contribution >= 4 is 29.5 Å². The first-order valence-electron chi connectivity index (χ1n) is 6.56. The number of hydrazone groups is 1. The van der Waals surface area contributed by atoms with Gasteiger partial charge in [0.1, 0.15) is 5.75 Å². The van der Waals surface area contributed by atoms with Gasteiger partial charge in [0.2, 0.25) is 0 Å². The number of amides is 1. The number of phenols is 1. The largest absolute Gasteiger partial charge is 0.507 e. The minimum atomic E-state index is -0.313. The Kier molecular flexibility index (Phi) is 5.21. The molecular formula is C16H15N3O2S. The molecule has 2 aromatic rings. The van der Waals surface area contributed by atoms with Crippen molar-refractivity contribution in [1.29, 1.82) is 0 Å². The summed E-state index contributed by atoms with van der Waals surface area (Å²) in [5, 5.41) is 16.3. The zero-order chi connectivity index (χ0) is 15.9. The number of phenolic OH excluding ortho intramolecular Hbond substituents is 1. The molecule has 22 heavy (non-hydrogen) atoms. The summed E-state index contributed by atoms with van der Waals surface area (Å²) in [6.45, 7) is 1.80. The normalized spacial score (nSPS) is 10.4. The van der Waals surface area contributed by atoms with Crippen LogP contribution in [0.4, 0.5) is 0 Å². The summed E-state index contributed by atoms with van der Waals surface area (Å²) in [5.74, 6) is -0.154. The summed E-state index contributed by atoms with van der Waals surface area (Å²) < 4.78 is 0. The fraction of sp³-hybridized carbons (Fsp3) is 0.0625. The first-order chi connectivity index (χ1) is 10.6. The lowest BCUT2D eigenvalue weighted by atomic mass is 10.1. The molecule has 0 radical (unpaired) electrons. The lowest BCUT2D eigenvalue weighted by molar-refractivity contribution is 0.0976. The van der Waals surface area contributed by atoms with Gasteiger partial charge in [0.25, 0.3) is 5.91 Å². The molecule has 0 aliphatic carbocycles. The Balaban J connectivity index is 1.92. The lowest BCUT2D eigenvalue weighted by Crippen LogP contribution is -2.36. The van der Waals surface area contributed by atoms with E-state index in [0.717, 1.165) is 5.56 Å². The highest BCUT2D eigenvalue weighted by Gasteiger charge is 2.06. The van der Waals surface area contributed by atoms with Crippen molar-refractivity contribution in [3.05, 3.63) is 65.2 Å². The molecule has 0 bridgehead atoms. The third-order valence-electron chi connectivity index (χ3n) is 2.90. The number of benzene rings is 2. The number of hydrogen-bond acceptors (Lipinski definition) is 4. The van der Waals surface area contributed by atoms with Gasteiger partial charge >= 0.3 is 0 Å². The Morgan fingerprint density at radius 2 is 1.91 bits per heavy atom. The van der Waals surface area contributed by atoms with Gasteiger partial charge in [-0.15, -0.1) is 0 Å². The maximum Gasteiger partial charge on any atom is 0.257 e. The van der Waals surface area contributed by atoms with Gasteiger partial charge < -0.3 is 5.11 Å². The quantitative estimate of drug-likeness (QED) is 0.462. The fourth-order valence-electron chi connectivity index (χ4n) is 1.74. The molecule has 0 saturated heterocycles. The second kappa shape index (κ2) is 7.33. The molecule has 0 aromatic heterocycles. The van der Waals surface area contributed by atoms with Gasteiger partial charge in [-0.3, -0.25) is 15.5 Å². The number of nitrogens with one attached hydrogen (secondary N) is 2. The zero-order valence-electron chi connectivity index (χ0n) is 11.9. The second-order valence-corrected chi connectivity index (χ2v) is 4.94. The maximum atomic E-state index is 11.9. The minimum Gasteiger partial charge on any atom is -0.507 e. The Morgan fingerprint density at radius 3 is 2.64 bits per heavy atom. The van der Waals surface area contributed by atoms with Crippen LogP contribution in [0.25, 0.3) is 0 Å². The molecule has 6 heteroatoms. The van der Waals surface area contributed by atoms with Crippen molar-refractivity contribution in [2.24, 2.45) is 5.10 Å². The molecule has 112 valence electrons. The van der Waals surface area contributed by atoms with Crippen LogP contribution in [0, 0.1) is 6.92 Å². The van der Waals surface area contributed by atoms with E-state index in [1.54, 1.807) is 43.3 Å². The highest BCUT2D eigenvalue weighted by Crippen LogP contribution is 2.19. The van der Waals surface area contributed by atoms with E-state index in [1.165, 1.54) is 6.21 Å². The average molecular weight is 313 g/mol. The van der Waals surface area contributed by atoms with E-state index >= 15 is 0 Å². The molecule has 0 atom stereocenters. The predicted octanol–water partition coefficient (Wildman–Crippen LogP) is 2.34. The average Bonchev–Trinajstić information content (AvgIpc) is 2.52. The molecule has 0 fully saturated rings. The molecule has 0 heterocycles. The number of carbonyl (C=O) groups excluding carboxylic acids is 1. The van der Waals surface area contributed by atoms with Crippen LogP contribution < -0.4 is 10.7 Å². The third kappa shape index (κ3) is 4.13. The molecule has 3 N–H and O–H groups in total. The monoisotopic (exact) mass is 313 g/mol. The van der Waals surface area contributed by atoms with E-state index in [4.69, 9.17) is 12.2 Å². The fourth-order valence-corrected chi connectivity index (χ4v) is 1.88. The number of thiocarbonyl (C=S) groups is 1. The number of hydrogen-bond donors (Lipinski definition) is 3. The summed E-state index contributed by atoms with van der Waals surface area (Å²) in [4.78, 5) is 11.9. The van der Waals surface area contributed by atoms with Crippen molar-refractivity contribution in [2.75, 3.05) is 0 Å². The number of rotatable bonds is 3. The van der Waals surface area contributed by atoms with Gasteiger partial charge in [0, 0.05) is 11.1 Å². The summed E-state index contributed by atoms with van der Waals surface area (Å²) in [6.07, 6.45) is 1.43. The Labute approximate surface area is 133 Å². The van der Waals surface area contributed by atoms with E-state index < -0.39 is 0 Å². The third-order valence-corrected chi connectivity index (χ3v) is 3.10. The molecule has 2 rings (SSSR count). The summed E-state index contributed by atoms with van der Waals surface area (Å²) >= 11 is 4.98. The predicted molar refractivity (Wildman–Crippen MR) is 90.1 cm³/mol. The van der Waals surface area contributed by atoms with Crippen LogP contribution in [0.15, 0.2) is 53.6 Å². The second-order valence-electron chi connectivity index (χ2n) is 4.53. The van der Waals surface area contributed by atoms with Gasteiger partial charge in [-0.05, 0) is 42.9 Å². The topological polar surface area (TPSA) is 73.7 Å². The van der Waals surface area contributed by atoms with Crippen LogP contribution in [0.3, 0.4) is 0 Å². The standard InChI is InChI=1S/C16H15N3O2S/c1-11-6-5-9-13(14(11)20)10-17-19-16(22)18-15(21)12-7-3-2-4-8-12/h2-10,20H,1H3,(H2,18,19,21,22)/b17-10+. The molecule has 2 aromatic carbocycles. The molecule has 0 aliphatic rings. The first-order valence-corrected chi connectivity index (χ1v) is 6.97. The Hall–Kier alpha value is -2.73. The van der Waals surface area contributed by atoms with Gasteiger partial charge in [-0.1, -0.05) is 30.3 Å². The number of para-hydroxylation sites is 1. The first kappa shape index (κ1) is 15.7. The van der Waals surface area contributed by atoms with E-state index in [2.05, 4.69) is 15.8 Å². The molecule has 5 nitrogen and oxygen atoms in total. The van der Waals surface area contributed by atoms with Crippen LogP contribution in [0.1, 0.15) is 21.5 Å².